The van der Waals surface area contributed by atoms with Crippen molar-refractivity contribution in [2.45, 2.75) is 34.6 Å². The van der Waals surface area contributed by atoms with Gasteiger partial charge in [0.05, 0.1) is 55.1 Å². The Balaban J connectivity index is 0.000000119. The third-order valence-electron chi connectivity index (χ3n) is 14.1. The summed E-state index contributed by atoms with van der Waals surface area (Å²) < 4.78 is 7.48. The molecule has 0 saturated carbocycles. The molecule has 6 N–H and O–H groups in total. The fourth-order valence-electron chi connectivity index (χ4n) is 10.0. The summed E-state index contributed by atoms with van der Waals surface area (Å²) in [4.78, 5) is 74.8. The van der Waals surface area contributed by atoms with Crippen molar-refractivity contribution >= 4 is 85.9 Å². The van der Waals surface area contributed by atoms with E-state index < -0.39 is 0 Å². The first kappa shape index (κ1) is 65.6. The summed E-state index contributed by atoms with van der Waals surface area (Å²) in [6, 6.07) is 47.2. The van der Waals surface area contributed by atoms with Crippen LogP contribution < -0.4 is 15.4 Å². The van der Waals surface area contributed by atoms with E-state index in [4.69, 9.17) is 31.3 Å². The number of rotatable bonds is 15. The van der Waals surface area contributed by atoms with Crippen molar-refractivity contribution in [1.29, 1.82) is 0 Å². The predicted molar refractivity (Wildman–Crippen MR) is 384 cm³/mol. The second-order valence-corrected chi connectivity index (χ2v) is 25.5. The number of pyridine rings is 4. The summed E-state index contributed by atoms with van der Waals surface area (Å²) in [5, 5.41) is 41.2. The Kier molecular flexibility index (Phi) is 20.1. The lowest BCUT2D eigenvalue weighted by Crippen LogP contribution is -2.07. The van der Waals surface area contributed by atoms with Gasteiger partial charge in [0.2, 0.25) is 17.7 Å². The van der Waals surface area contributed by atoms with Gasteiger partial charge in [0, 0.05) is 71.5 Å². The zero-order valence-corrected chi connectivity index (χ0v) is 57.0. The van der Waals surface area contributed by atoms with E-state index in [9.17, 15) is 9.59 Å². The first-order valence-corrected chi connectivity index (χ1v) is 33.9. The highest BCUT2D eigenvalue weighted by atomic mass is 35.5. The molecule has 13 heterocycles. The average Bonchev–Trinajstić information content (AvgIpc) is 1.62. The number of thiazole rings is 4. The zero-order chi connectivity index (χ0) is 68.2. The number of hydrogen-bond donors (Lipinski definition) is 6. The van der Waals surface area contributed by atoms with E-state index in [2.05, 4.69) is 115 Å². The van der Waals surface area contributed by atoms with Crippen molar-refractivity contribution in [2.75, 3.05) is 17.2 Å². The van der Waals surface area contributed by atoms with Crippen LogP contribution in [-0.4, -0.2) is 124 Å². The van der Waals surface area contributed by atoms with Gasteiger partial charge in [-0.15, -0.1) is 45.3 Å². The van der Waals surface area contributed by atoms with E-state index in [1.54, 1.807) is 47.2 Å². The van der Waals surface area contributed by atoms with Gasteiger partial charge in [0.25, 0.3) is 0 Å². The molecule has 0 spiro atoms. The van der Waals surface area contributed by atoms with Gasteiger partial charge >= 0.3 is 0 Å². The van der Waals surface area contributed by atoms with E-state index in [0.717, 1.165) is 118 Å². The number of hydrogen-bond acceptors (Lipinski definition) is 23. The zero-order valence-electron chi connectivity index (χ0n) is 52.9. The molecule has 99 heavy (non-hydrogen) atoms. The third-order valence-corrected chi connectivity index (χ3v) is 18.7. The molecule has 490 valence electrons. The lowest BCUT2D eigenvalue weighted by Gasteiger charge is -2.05. The van der Waals surface area contributed by atoms with Crippen LogP contribution in [0.2, 0.25) is 5.15 Å². The molecule has 31 heteroatoms. The van der Waals surface area contributed by atoms with Crippen LogP contribution in [-0.2, 0) is 9.59 Å². The molecular formula is C68H54ClN23O3S4. The van der Waals surface area contributed by atoms with Gasteiger partial charge in [-0.05, 0) is 69.3 Å². The Morgan fingerprint density at radius 1 is 0.475 bits per heavy atom. The first-order valence-electron chi connectivity index (χ1n) is 30.2. The van der Waals surface area contributed by atoms with Gasteiger partial charge in [0.1, 0.15) is 67.0 Å². The van der Waals surface area contributed by atoms with Crippen LogP contribution in [0.15, 0.2) is 189 Å². The molecule has 0 unspecified atom stereocenters. The quantitative estimate of drug-likeness (QED) is 0.0519. The molecule has 2 amide bonds. The van der Waals surface area contributed by atoms with Crippen molar-refractivity contribution in [2.24, 2.45) is 0 Å². The summed E-state index contributed by atoms with van der Waals surface area (Å²) >= 11 is 12.1. The molecule has 0 atom stereocenters. The van der Waals surface area contributed by atoms with E-state index in [0.29, 0.717) is 46.7 Å². The van der Waals surface area contributed by atoms with Gasteiger partial charge in [-0.2, -0.15) is 25.5 Å². The summed E-state index contributed by atoms with van der Waals surface area (Å²) in [5.41, 5.74) is 12.2. The number of nitrogens with zero attached hydrogens (tertiary/aromatic N) is 17. The van der Waals surface area contributed by atoms with Gasteiger partial charge in [-0.25, -0.2) is 59.3 Å². The molecule has 16 rings (SSSR count). The van der Waals surface area contributed by atoms with Crippen LogP contribution in [0.5, 0.6) is 5.88 Å². The standard InChI is InChI=1S/C19H16N6OS.C19H14N6S.C16H10ClN5S.C14H14N6O2S/c1-11-8-14(9-15(22-11)23-12(2)26)19-24-16(13-6-4-3-5-7-13)17(27-19)18-20-10-21-25-18;1-12-15(14-9-5-6-10-25(14)24-12)19-22-16(13-7-3-2-4-8-13)17(26-19)18-20-11-21-23-18;17-12-8-11(6-7-18-12)16-21-13(10-4-2-1-3-5-10)14(23-16)15-19-9-20-22-15;1-3-22-13-11(12-16-7-17-20-12)23-14(19-13)9-4-5-15-10(6-9)18-8(2)21/h3-10H,1-2H3,(H,20,21,25)(H,22,23,26);2-11H,1H3,(H,20,21,23);1-9H,(H,19,20,22);4-7H,3H2,1-2H3,(H,15,18,21)(H,16,17,20). The van der Waals surface area contributed by atoms with Crippen LogP contribution >= 0.6 is 56.9 Å². The van der Waals surface area contributed by atoms with Gasteiger partial charge < -0.3 is 15.4 Å². The number of anilines is 2. The van der Waals surface area contributed by atoms with Crippen LogP contribution in [0.3, 0.4) is 0 Å². The summed E-state index contributed by atoms with van der Waals surface area (Å²) in [6.07, 6.45) is 11.2. The largest absolute Gasteiger partial charge is 0.477 e. The van der Waals surface area contributed by atoms with Crippen molar-refractivity contribution in [3.63, 3.8) is 0 Å². The van der Waals surface area contributed by atoms with Crippen LogP contribution in [0, 0.1) is 13.8 Å². The Morgan fingerprint density at radius 3 is 1.42 bits per heavy atom. The minimum absolute atomic E-state index is 0.162. The molecule has 0 saturated heterocycles. The maximum atomic E-state index is 11.4. The van der Waals surface area contributed by atoms with Crippen LogP contribution in [0.4, 0.5) is 11.6 Å². The molecule has 3 aromatic carbocycles. The van der Waals surface area contributed by atoms with Crippen molar-refractivity contribution < 1.29 is 14.3 Å². The summed E-state index contributed by atoms with van der Waals surface area (Å²) in [6.45, 7) is 9.19. The molecule has 0 aliphatic rings. The molecule has 0 aliphatic carbocycles. The Labute approximate surface area is 584 Å². The van der Waals surface area contributed by atoms with Gasteiger partial charge in [-0.3, -0.25) is 30.0 Å². The van der Waals surface area contributed by atoms with Crippen molar-refractivity contribution in [1.82, 2.24) is 105 Å². The molecule has 0 fully saturated rings. The number of aromatic amines is 4. The monoisotopic (exact) mass is 1400 g/mol. The number of carbonyl (C=O) groups excluding carboxylic acids is 2. The first-order chi connectivity index (χ1) is 48.4. The lowest BCUT2D eigenvalue weighted by molar-refractivity contribution is -0.115. The highest BCUT2D eigenvalue weighted by molar-refractivity contribution is 7.20. The number of carbonyl (C=O) groups is 2. The van der Waals surface area contributed by atoms with Crippen molar-refractivity contribution in [3.05, 3.63) is 206 Å². The molecule has 26 nitrogen and oxygen atoms in total. The highest BCUT2D eigenvalue weighted by Gasteiger charge is 2.24. The average molecular weight is 1410 g/mol. The van der Waals surface area contributed by atoms with Crippen LogP contribution in [0.1, 0.15) is 32.2 Å². The SMILES string of the molecule is CC(=O)Nc1cc(-c2nc(-c3ccccc3)c(-c3ncn[nH]3)s2)cc(C)n1.CCOc1nc(-c2ccnc(NC(C)=O)c2)sc1-c1ncn[nH]1.Cc1nn2ccccc2c1-c1nc(-c2ccccc2)c(-c2ncn[nH]2)s1.Clc1cc(-c2nc(-c3ccccc3)c(-c3ncn[nH]3)s2)ccn1. The topological polar surface area (TPSA) is 341 Å². The van der Waals surface area contributed by atoms with Crippen LogP contribution in [0.25, 0.3) is 124 Å². The number of benzene rings is 3. The fourth-order valence-corrected chi connectivity index (χ4v) is 14.3. The summed E-state index contributed by atoms with van der Waals surface area (Å²) in [5.74, 6) is 3.85. The maximum absolute atomic E-state index is 11.4. The van der Waals surface area contributed by atoms with Gasteiger partial charge in [-0.1, -0.05) is 109 Å². The number of halogens is 1. The third kappa shape index (κ3) is 15.4. The number of ether oxygens (including phenoxy) is 1. The fraction of sp³-hybridized carbons (Fsp3) is 0.0882. The van der Waals surface area contributed by atoms with E-state index >= 15 is 0 Å². The van der Waals surface area contributed by atoms with Gasteiger partial charge in [0.15, 0.2) is 23.3 Å². The van der Waals surface area contributed by atoms with E-state index in [-0.39, 0.29) is 11.8 Å². The normalized spacial score (nSPS) is 10.8. The molecule has 13 aromatic heterocycles. The Bertz CT molecular complexity index is 5350. The second-order valence-electron chi connectivity index (χ2n) is 21.1. The number of fused-ring (bicyclic) bond motifs is 1. The minimum atomic E-state index is -0.175. The smallest absolute Gasteiger partial charge is 0.236 e. The number of amides is 2. The van der Waals surface area contributed by atoms with E-state index in [1.165, 1.54) is 61.8 Å². The lowest BCUT2D eigenvalue weighted by atomic mass is 10.1. The number of aromatic nitrogens is 21. The van der Waals surface area contributed by atoms with E-state index in [1.807, 2.05) is 147 Å². The molecule has 0 radical (unpaired) electrons. The number of nitrogens with one attached hydrogen (secondary N) is 6. The molecule has 0 bridgehead atoms. The maximum Gasteiger partial charge on any atom is 0.236 e. The number of aryl methyl sites for hydroxylation is 2. The Morgan fingerprint density at radius 2 is 0.919 bits per heavy atom. The molecule has 0 aliphatic heterocycles. The predicted octanol–water partition coefficient (Wildman–Crippen LogP) is 14.8. The second kappa shape index (κ2) is 30.3. The number of H-pyrrole nitrogens is 4. The van der Waals surface area contributed by atoms with Crippen molar-refractivity contribution in [3.8, 4) is 125 Å². The molecular weight excluding hydrogens is 1350 g/mol. The highest BCUT2D eigenvalue weighted by Crippen LogP contribution is 2.44. The summed E-state index contributed by atoms with van der Waals surface area (Å²) in [7, 11) is 0. The Hall–Kier alpha value is -12.1. The minimum Gasteiger partial charge on any atom is -0.477 e. The molecule has 16 aromatic rings.